The predicted molar refractivity (Wildman–Crippen MR) is 49.6 cm³/mol. The largest absolute Gasteiger partial charge is 0.480 e. The molecule has 0 fully saturated rings. The molecule has 74 valence electrons. The second kappa shape index (κ2) is 5.75. The van der Waals surface area contributed by atoms with Crippen molar-refractivity contribution in [3.63, 3.8) is 0 Å². The van der Waals surface area contributed by atoms with Crippen molar-refractivity contribution in [2.75, 3.05) is 6.61 Å². The maximum atomic E-state index is 10.3. The van der Waals surface area contributed by atoms with Crippen molar-refractivity contribution >= 4 is 5.97 Å². The van der Waals surface area contributed by atoms with Crippen LogP contribution in [-0.4, -0.2) is 23.8 Å². The lowest BCUT2D eigenvalue weighted by molar-refractivity contribution is -0.144. The van der Waals surface area contributed by atoms with Crippen molar-refractivity contribution in [1.29, 1.82) is 0 Å². The second-order valence-corrected chi connectivity index (χ2v) is 3.31. The van der Waals surface area contributed by atoms with E-state index in [1.54, 1.807) is 0 Å². The van der Waals surface area contributed by atoms with Crippen molar-refractivity contribution in [2.45, 2.75) is 38.2 Å². The summed E-state index contributed by atoms with van der Waals surface area (Å²) in [4.78, 5) is 10.3. The van der Waals surface area contributed by atoms with E-state index in [0.717, 1.165) is 32.1 Å². The van der Waals surface area contributed by atoms with Crippen molar-refractivity contribution in [2.24, 2.45) is 0 Å². The molecule has 1 rings (SSSR count). The molecule has 0 aromatic carbocycles. The van der Waals surface area contributed by atoms with Crippen LogP contribution in [-0.2, 0) is 9.53 Å². The zero-order chi connectivity index (χ0) is 9.52. The summed E-state index contributed by atoms with van der Waals surface area (Å²) in [5, 5.41) is 8.43. The first-order valence-corrected chi connectivity index (χ1v) is 4.77. The molecule has 0 saturated carbocycles. The third-order valence-electron chi connectivity index (χ3n) is 2.16. The number of ether oxygens (including phenoxy) is 1. The highest BCUT2D eigenvalue weighted by molar-refractivity contribution is 5.68. The zero-order valence-corrected chi connectivity index (χ0v) is 7.74. The van der Waals surface area contributed by atoms with Gasteiger partial charge in [0.1, 0.15) is 6.61 Å². The van der Waals surface area contributed by atoms with Gasteiger partial charge in [0.2, 0.25) is 0 Å². The molecule has 0 saturated heterocycles. The van der Waals surface area contributed by atoms with E-state index in [0.29, 0.717) is 0 Å². The number of aliphatic carboxylic acids is 1. The van der Waals surface area contributed by atoms with Gasteiger partial charge in [-0.15, -0.1) is 0 Å². The van der Waals surface area contributed by atoms with Gasteiger partial charge in [0.05, 0.1) is 6.10 Å². The fraction of sp³-hybridized carbons (Fsp3) is 0.700. The Morgan fingerprint density at radius 3 is 2.92 bits per heavy atom. The minimum Gasteiger partial charge on any atom is -0.480 e. The minimum absolute atomic E-state index is 0.140. The third kappa shape index (κ3) is 4.68. The van der Waals surface area contributed by atoms with E-state index in [1.807, 2.05) is 0 Å². The molecule has 13 heavy (non-hydrogen) atoms. The van der Waals surface area contributed by atoms with E-state index in [-0.39, 0.29) is 12.7 Å². The minimum atomic E-state index is -0.877. The van der Waals surface area contributed by atoms with Gasteiger partial charge in [-0.1, -0.05) is 12.2 Å². The van der Waals surface area contributed by atoms with E-state index < -0.39 is 5.97 Å². The molecule has 0 aliphatic heterocycles. The Morgan fingerprint density at radius 1 is 1.38 bits per heavy atom. The lowest BCUT2D eigenvalue weighted by atomic mass is 10.0. The maximum absolute atomic E-state index is 10.3. The molecule has 1 unspecified atom stereocenters. The standard InChI is InChI=1S/C10H16O3/c11-10(12)8-13-9-6-4-2-1-3-5-7-9/h1-2,9H,3-8H2,(H,11,12)/b2-1+. The average Bonchev–Trinajstić information content (AvgIpc) is 2.01. The van der Waals surface area contributed by atoms with E-state index in [4.69, 9.17) is 9.84 Å². The Morgan fingerprint density at radius 2 is 2.15 bits per heavy atom. The van der Waals surface area contributed by atoms with Crippen LogP contribution in [0.4, 0.5) is 0 Å². The van der Waals surface area contributed by atoms with E-state index in [9.17, 15) is 4.79 Å². The van der Waals surface area contributed by atoms with Crippen LogP contribution in [0.15, 0.2) is 12.2 Å². The number of allylic oxidation sites excluding steroid dienone is 2. The van der Waals surface area contributed by atoms with Crippen molar-refractivity contribution in [3.05, 3.63) is 12.2 Å². The fourth-order valence-electron chi connectivity index (χ4n) is 1.48. The van der Waals surface area contributed by atoms with Crippen LogP contribution < -0.4 is 0 Å². The molecule has 0 aromatic rings. The normalized spacial score (nSPS) is 26.0. The highest BCUT2D eigenvalue weighted by Crippen LogP contribution is 2.14. The fourth-order valence-corrected chi connectivity index (χ4v) is 1.48. The summed E-state index contributed by atoms with van der Waals surface area (Å²) in [5.41, 5.74) is 0. The average molecular weight is 184 g/mol. The van der Waals surface area contributed by atoms with E-state index in [1.165, 1.54) is 0 Å². The summed E-state index contributed by atoms with van der Waals surface area (Å²) in [7, 11) is 0. The van der Waals surface area contributed by atoms with Crippen LogP contribution in [0.1, 0.15) is 32.1 Å². The van der Waals surface area contributed by atoms with Crippen LogP contribution in [0, 0.1) is 0 Å². The molecule has 0 heterocycles. The number of carboxylic acid groups (broad SMARTS) is 1. The maximum Gasteiger partial charge on any atom is 0.329 e. The smallest absolute Gasteiger partial charge is 0.329 e. The Kier molecular flexibility index (Phi) is 4.54. The molecule has 0 spiro atoms. The Bertz CT molecular complexity index is 187. The molecular weight excluding hydrogens is 168 g/mol. The molecular formula is C10H16O3. The first kappa shape index (κ1) is 10.3. The highest BCUT2D eigenvalue weighted by Gasteiger charge is 2.10. The van der Waals surface area contributed by atoms with E-state index in [2.05, 4.69) is 12.2 Å². The monoisotopic (exact) mass is 184 g/mol. The highest BCUT2D eigenvalue weighted by atomic mass is 16.5. The molecule has 1 N–H and O–H groups in total. The molecule has 0 amide bonds. The predicted octanol–water partition coefficient (Wildman–Crippen LogP) is 1.98. The summed E-state index contributed by atoms with van der Waals surface area (Å²) in [6, 6.07) is 0. The van der Waals surface area contributed by atoms with Crippen LogP contribution in [0.3, 0.4) is 0 Å². The van der Waals surface area contributed by atoms with Gasteiger partial charge in [-0.2, -0.15) is 0 Å². The van der Waals surface area contributed by atoms with Gasteiger partial charge in [0.25, 0.3) is 0 Å². The molecule has 1 aliphatic rings. The topological polar surface area (TPSA) is 46.5 Å². The Hall–Kier alpha value is -0.830. The van der Waals surface area contributed by atoms with Crippen molar-refractivity contribution in [3.8, 4) is 0 Å². The first-order chi connectivity index (χ1) is 6.29. The van der Waals surface area contributed by atoms with Gasteiger partial charge in [-0.25, -0.2) is 4.79 Å². The van der Waals surface area contributed by atoms with Gasteiger partial charge in [0, 0.05) is 0 Å². The molecule has 0 bridgehead atoms. The van der Waals surface area contributed by atoms with Crippen molar-refractivity contribution in [1.82, 2.24) is 0 Å². The van der Waals surface area contributed by atoms with Gasteiger partial charge in [0.15, 0.2) is 0 Å². The number of rotatable bonds is 3. The van der Waals surface area contributed by atoms with Crippen LogP contribution >= 0.6 is 0 Å². The van der Waals surface area contributed by atoms with Crippen LogP contribution in [0.2, 0.25) is 0 Å². The molecule has 0 radical (unpaired) electrons. The van der Waals surface area contributed by atoms with Gasteiger partial charge in [-0.05, 0) is 32.1 Å². The SMILES string of the molecule is O=C(O)COC1CC/C=C/CCC1. The first-order valence-electron chi connectivity index (χ1n) is 4.77. The zero-order valence-electron chi connectivity index (χ0n) is 7.74. The lowest BCUT2D eigenvalue weighted by Crippen LogP contribution is -2.18. The Balaban J connectivity index is 2.23. The second-order valence-electron chi connectivity index (χ2n) is 3.31. The molecule has 0 aromatic heterocycles. The number of carboxylic acids is 1. The van der Waals surface area contributed by atoms with Crippen molar-refractivity contribution < 1.29 is 14.6 Å². The Labute approximate surface area is 78.4 Å². The summed E-state index contributed by atoms with van der Waals surface area (Å²) < 4.78 is 5.25. The molecule has 1 aliphatic carbocycles. The van der Waals surface area contributed by atoms with Crippen LogP contribution in [0.5, 0.6) is 0 Å². The molecule has 3 nitrogen and oxygen atoms in total. The summed E-state index contributed by atoms with van der Waals surface area (Å²) in [6.45, 7) is -0.158. The lowest BCUT2D eigenvalue weighted by Gasteiger charge is -2.16. The summed E-state index contributed by atoms with van der Waals surface area (Å²) >= 11 is 0. The van der Waals surface area contributed by atoms with Gasteiger partial charge >= 0.3 is 5.97 Å². The third-order valence-corrected chi connectivity index (χ3v) is 2.16. The summed E-state index contributed by atoms with van der Waals surface area (Å²) in [5.74, 6) is -0.877. The molecule has 1 atom stereocenters. The number of hydrogen-bond acceptors (Lipinski definition) is 2. The number of carbonyl (C=O) groups is 1. The molecule has 3 heteroatoms. The van der Waals surface area contributed by atoms with Crippen LogP contribution in [0.25, 0.3) is 0 Å². The van der Waals surface area contributed by atoms with Gasteiger partial charge < -0.3 is 9.84 Å². The quantitative estimate of drug-likeness (QED) is 0.682. The van der Waals surface area contributed by atoms with Gasteiger partial charge in [-0.3, -0.25) is 0 Å². The van der Waals surface area contributed by atoms with E-state index >= 15 is 0 Å². The summed E-state index contributed by atoms with van der Waals surface area (Å²) in [6.07, 6.45) is 9.60. The number of hydrogen-bond donors (Lipinski definition) is 1.